The number of hydrogen-bond acceptors (Lipinski definition) is 4. The fourth-order valence-electron chi connectivity index (χ4n) is 2.86. The third kappa shape index (κ3) is 3.26. The van der Waals surface area contributed by atoms with E-state index in [0.29, 0.717) is 10.5 Å². The van der Waals surface area contributed by atoms with Crippen molar-refractivity contribution in [3.63, 3.8) is 0 Å². The lowest BCUT2D eigenvalue weighted by Gasteiger charge is -2.12. The summed E-state index contributed by atoms with van der Waals surface area (Å²) < 4.78 is 16.7. The standard InChI is InChI=1S/C18H13FIN3OS2/c19-15-9-17-13(5-7-23(17)26-20)14(10-24)18(15)25-12-3-1-2-11(8-12)16-4-6-21-22-16/h1-9,24H,10H2,(H,21,22). The lowest BCUT2D eigenvalue weighted by molar-refractivity contribution is 0.279. The van der Waals surface area contributed by atoms with Crippen LogP contribution in [-0.4, -0.2) is 19.3 Å². The predicted octanol–water partition coefficient (Wildman–Crippen LogP) is 5.66. The number of nitrogens with one attached hydrogen (secondary N) is 1. The fourth-order valence-corrected chi connectivity index (χ4v) is 5.25. The number of halogens is 2. The number of nitrogens with zero attached hydrogens (tertiary/aromatic N) is 2. The van der Waals surface area contributed by atoms with Crippen molar-refractivity contribution in [1.29, 1.82) is 0 Å². The molecule has 0 atom stereocenters. The smallest absolute Gasteiger partial charge is 0.139 e. The highest BCUT2D eigenvalue weighted by atomic mass is 127. The molecule has 2 aromatic heterocycles. The topological polar surface area (TPSA) is 53.8 Å². The van der Waals surface area contributed by atoms with Crippen molar-refractivity contribution in [2.45, 2.75) is 16.4 Å². The van der Waals surface area contributed by atoms with Crippen LogP contribution >= 0.6 is 42.1 Å². The zero-order valence-electron chi connectivity index (χ0n) is 13.3. The lowest BCUT2D eigenvalue weighted by atomic mass is 10.1. The molecule has 0 unspecified atom stereocenters. The second-order valence-electron chi connectivity index (χ2n) is 5.57. The molecule has 2 N–H and O–H groups in total. The van der Waals surface area contributed by atoms with E-state index < -0.39 is 0 Å². The van der Waals surface area contributed by atoms with Crippen LogP contribution in [0.2, 0.25) is 0 Å². The molecule has 26 heavy (non-hydrogen) atoms. The number of fused-ring (bicyclic) bond motifs is 1. The Morgan fingerprint density at radius 3 is 2.85 bits per heavy atom. The molecule has 4 rings (SSSR count). The van der Waals surface area contributed by atoms with Gasteiger partial charge in [-0.05, 0) is 24.3 Å². The van der Waals surface area contributed by atoms with Crippen molar-refractivity contribution in [3.05, 3.63) is 66.2 Å². The maximum absolute atomic E-state index is 14.8. The van der Waals surface area contributed by atoms with Gasteiger partial charge < -0.3 is 5.11 Å². The van der Waals surface area contributed by atoms with Gasteiger partial charge in [-0.25, -0.2) is 4.39 Å². The van der Waals surface area contributed by atoms with Gasteiger partial charge in [0.25, 0.3) is 0 Å². The molecule has 0 spiro atoms. The summed E-state index contributed by atoms with van der Waals surface area (Å²) in [6.45, 7) is -0.216. The molecule has 0 fully saturated rings. The van der Waals surface area contributed by atoms with Crippen molar-refractivity contribution in [1.82, 2.24) is 14.2 Å². The van der Waals surface area contributed by atoms with Crippen LogP contribution in [0, 0.1) is 5.82 Å². The van der Waals surface area contributed by atoms with Crippen molar-refractivity contribution in [3.8, 4) is 11.3 Å². The molecule has 0 saturated heterocycles. The molecule has 2 heterocycles. The summed E-state index contributed by atoms with van der Waals surface area (Å²) in [6, 6.07) is 13.1. The highest BCUT2D eigenvalue weighted by Crippen LogP contribution is 2.39. The Hall–Kier alpha value is -1.49. The molecule has 2 aromatic carbocycles. The van der Waals surface area contributed by atoms with Crippen LogP contribution in [0.5, 0.6) is 0 Å². The molecule has 0 radical (unpaired) electrons. The third-order valence-corrected chi connectivity index (χ3v) is 6.94. The molecule has 0 saturated carbocycles. The van der Waals surface area contributed by atoms with Gasteiger partial charge in [-0.3, -0.25) is 9.07 Å². The van der Waals surface area contributed by atoms with E-state index in [0.717, 1.165) is 27.1 Å². The number of aliphatic hydroxyl groups excluding tert-OH is 1. The van der Waals surface area contributed by atoms with Crippen LogP contribution in [0.25, 0.3) is 22.2 Å². The minimum Gasteiger partial charge on any atom is -0.392 e. The molecule has 0 bridgehead atoms. The van der Waals surface area contributed by atoms with Gasteiger partial charge in [0, 0.05) is 70.2 Å². The first-order valence-electron chi connectivity index (χ1n) is 7.71. The average Bonchev–Trinajstić information content (AvgIpc) is 3.32. The quantitative estimate of drug-likeness (QED) is 0.350. The minimum atomic E-state index is -0.330. The van der Waals surface area contributed by atoms with Crippen LogP contribution in [0.4, 0.5) is 4.39 Å². The van der Waals surface area contributed by atoms with Gasteiger partial charge in [0.05, 0.1) is 22.7 Å². The van der Waals surface area contributed by atoms with Gasteiger partial charge in [-0.15, -0.1) is 0 Å². The van der Waals surface area contributed by atoms with Crippen molar-refractivity contribution in [2.75, 3.05) is 0 Å². The zero-order chi connectivity index (χ0) is 18.1. The van der Waals surface area contributed by atoms with E-state index in [1.165, 1.54) is 26.9 Å². The Kier molecular flexibility index (Phi) is 5.25. The number of aliphatic hydroxyl groups is 1. The average molecular weight is 497 g/mol. The number of benzene rings is 2. The van der Waals surface area contributed by atoms with Crippen molar-refractivity contribution >= 4 is 53.0 Å². The lowest BCUT2D eigenvalue weighted by Crippen LogP contribution is -1.95. The van der Waals surface area contributed by atoms with E-state index in [9.17, 15) is 9.50 Å². The largest absolute Gasteiger partial charge is 0.392 e. The SMILES string of the molecule is OCc1c(Sc2cccc(-c3ccn[nH]3)c2)c(F)cc2c1ccn2SI. The van der Waals surface area contributed by atoms with Crippen LogP contribution in [0.15, 0.2) is 64.6 Å². The van der Waals surface area contributed by atoms with E-state index in [1.807, 2.05) is 46.6 Å². The monoisotopic (exact) mass is 497 g/mol. The zero-order valence-corrected chi connectivity index (χ0v) is 17.1. The second kappa shape index (κ2) is 7.63. The van der Waals surface area contributed by atoms with Crippen molar-refractivity contribution < 1.29 is 9.50 Å². The number of aromatic amines is 1. The molecular weight excluding hydrogens is 484 g/mol. The second-order valence-corrected chi connectivity index (χ2v) is 8.36. The summed E-state index contributed by atoms with van der Waals surface area (Å²) >= 11 is 3.47. The molecule has 0 aliphatic rings. The Balaban J connectivity index is 1.78. The molecule has 8 heteroatoms. The van der Waals surface area contributed by atoms with Gasteiger partial charge in [-0.1, -0.05) is 23.9 Å². The number of H-pyrrole nitrogens is 1. The summed E-state index contributed by atoms with van der Waals surface area (Å²) in [5, 5.41) is 17.7. The number of aromatic nitrogens is 3. The van der Waals surface area contributed by atoms with Crippen molar-refractivity contribution in [2.24, 2.45) is 0 Å². The van der Waals surface area contributed by atoms with E-state index in [-0.39, 0.29) is 12.4 Å². The van der Waals surface area contributed by atoms with E-state index in [4.69, 9.17) is 0 Å². The molecule has 132 valence electrons. The maximum Gasteiger partial charge on any atom is 0.139 e. The summed E-state index contributed by atoms with van der Waals surface area (Å²) in [4.78, 5) is 1.35. The first-order chi connectivity index (χ1) is 12.7. The van der Waals surface area contributed by atoms with Gasteiger partial charge in [-0.2, -0.15) is 5.10 Å². The Labute approximate surface area is 169 Å². The fraction of sp³-hybridized carbons (Fsp3) is 0.0556. The Bertz CT molecular complexity index is 1070. The number of hydrogen-bond donors (Lipinski definition) is 2. The first-order valence-corrected chi connectivity index (χ1v) is 11.8. The molecule has 0 aliphatic heterocycles. The summed E-state index contributed by atoms with van der Waals surface area (Å²) in [5.74, 6) is -0.330. The summed E-state index contributed by atoms with van der Waals surface area (Å²) in [5.41, 5.74) is 3.26. The Morgan fingerprint density at radius 1 is 1.23 bits per heavy atom. The minimum absolute atomic E-state index is 0.216. The predicted molar refractivity (Wildman–Crippen MR) is 113 cm³/mol. The van der Waals surface area contributed by atoms with Gasteiger partial charge in [0.15, 0.2) is 0 Å². The third-order valence-electron chi connectivity index (χ3n) is 4.07. The molecule has 0 aliphatic carbocycles. The molecule has 4 aromatic rings. The normalized spacial score (nSPS) is 11.3. The van der Waals surface area contributed by atoms with E-state index >= 15 is 0 Å². The highest BCUT2D eigenvalue weighted by molar-refractivity contribution is 14.2. The molecule has 0 amide bonds. The van der Waals surface area contributed by atoms with E-state index in [2.05, 4.69) is 31.4 Å². The van der Waals surface area contributed by atoms with E-state index in [1.54, 1.807) is 6.20 Å². The van der Waals surface area contributed by atoms with Crippen LogP contribution in [-0.2, 0) is 6.61 Å². The maximum atomic E-state index is 14.8. The highest BCUT2D eigenvalue weighted by Gasteiger charge is 2.17. The van der Waals surface area contributed by atoms with Gasteiger partial charge in [0.1, 0.15) is 5.82 Å². The van der Waals surface area contributed by atoms with Crippen LogP contribution in [0.3, 0.4) is 0 Å². The number of rotatable bonds is 5. The Morgan fingerprint density at radius 2 is 2.12 bits per heavy atom. The first kappa shape index (κ1) is 17.9. The van der Waals surface area contributed by atoms with Gasteiger partial charge in [0.2, 0.25) is 0 Å². The van der Waals surface area contributed by atoms with Gasteiger partial charge >= 0.3 is 0 Å². The summed E-state index contributed by atoms with van der Waals surface area (Å²) in [6.07, 6.45) is 3.58. The van der Waals surface area contributed by atoms with Crippen LogP contribution in [0.1, 0.15) is 5.56 Å². The molecular formula is C18H13FIN3OS2. The molecule has 4 nitrogen and oxygen atoms in total. The summed E-state index contributed by atoms with van der Waals surface area (Å²) in [7, 11) is 1.47. The van der Waals surface area contributed by atoms with Crippen LogP contribution < -0.4 is 0 Å².